The van der Waals surface area contributed by atoms with E-state index >= 15 is 0 Å². The second-order valence-corrected chi connectivity index (χ2v) is 5.05. The van der Waals surface area contributed by atoms with Gasteiger partial charge in [0.25, 0.3) is 5.56 Å². The van der Waals surface area contributed by atoms with Gasteiger partial charge in [0.2, 0.25) is 0 Å². The van der Waals surface area contributed by atoms with Crippen molar-refractivity contribution in [2.75, 3.05) is 12.4 Å². The fourth-order valence-electron chi connectivity index (χ4n) is 1.08. The van der Waals surface area contributed by atoms with Crippen molar-refractivity contribution >= 4 is 33.7 Å². The number of aryl methyl sites for hydroxylation is 1. The Labute approximate surface area is 111 Å². The molecule has 0 bridgehead atoms. The molecule has 0 radical (unpaired) electrons. The molecular weight excluding hydrogens is 308 g/mol. The molecule has 0 amide bonds. The van der Waals surface area contributed by atoms with Crippen molar-refractivity contribution in [3.63, 3.8) is 0 Å². The molecule has 1 rings (SSSR count). The molecule has 0 unspecified atom stereocenters. The van der Waals surface area contributed by atoms with Crippen molar-refractivity contribution < 1.29 is 9.53 Å². The maximum absolute atomic E-state index is 11.4. The normalized spacial score (nSPS) is 10.3. The predicted molar refractivity (Wildman–Crippen MR) is 69.3 cm³/mol. The van der Waals surface area contributed by atoms with Crippen LogP contribution in [0.5, 0.6) is 0 Å². The third-order valence-electron chi connectivity index (χ3n) is 1.86. The minimum atomic E-state index is -0.240. The van der Waals surface area contributed by atoms with E-state index in [1.807, 2.05) is 0 Å². The quantitative estimate of drug-likeness (QED) is 0.509. The van der Waals surface area contributed by atoms with Crippen molar-refractivity contribution in [2.24, 2.45) is 0 Å². The van der Waals surface area contributed by atoms with Gasteiger partial charge in [-0.25, -0.2) is 4.98 Å². The number of nitrogens with one attached hydrogen (secondary N) is 1. The van der Waals surface area contributed by atoms with Gasteiger partial charge in [0.05, 0.1) is 18.7 Å². The molecule has 0 saturated heterocycles. The highest BCUT2D eigenvalue weighted by Crippen LogP contribution is 2.15. The molecule has 0 aromatic carbocycles. The number of aromatic nitrogens is 2. The van der Waals surface area contributed by atoms with Gasteiger partial charge in [-0.15, -0.1) is 0 Å². The van der Waals surface area contributed by atoms with Crippen LogP contribution in [0.4, 0.5) is 0 Å². The fraction of sp³-hybridized carbons (Fsp3) is 0.500. The van der Waals surface area contributed by atoms with E-state index in [4.69, 9.17) is 4.74 Å². The smallest absolute Gasteiger partial charge is 0.306 e. The van der Waals surface area contributed by atoms with E-state index in [-0.39, 0.29) is 11.5 Å². The van der Waals surface area contributed by atoms with Gasteiger partial charge in [-0.3, -0.25) is 9.59 Å². The third kappa shape index (κ3) is 4.51. The first-order valence-electron chi connectivity index (χ1n) is 5.09. The second kappa shape index (κ2) is 6.80. The van der Waals surface area contributed by atoms with Crippen LogP contribution in [0.1, 0.15) is 19.0 Å². The number of thioether (sulfide) groups is 1. The molecule has 1 heterocycles. The standard InChI is InChI=1S/C10H13BrN2O3S/c1-3-16-7(14)4-5-17-10-12-6(2)8(11)9(15)13-10/h3-5H2,1-2H3,(H,12,13,15). The maximum Gasteiger partial charge on any atom is 0.306 e. The number of carbonyl (C=O) groups excluding carboxylic acids is 1. The molecule has 5 nitrogen and oxygen atoms in total. The van der Waals surface area contributed by atoms with Crippen molar-refractivity contribution in [2.45, 2.75) is 25.4 Å². The Balaban J connectivity index is 2.53. The summed E-state index contributed by atoms with van der Waals surface area (Å²) < 4.78 is 5.23. The van der Waals surface area contributed by atoms with Crippen LogP contribution in [-0.4, -0.2) is 28.3 Å². The lowest BCUT2D eigenvalue weighted by Gasteiger charge is -2.03. The lowest BCUT2D eigenvalue weighted by atomic mass is 10.5. The number of esters is 1. The minimum Gasteiger partial charge on any atom is -0.466 e. The molecule has 1 N–H and O–H groups in total. The first-order chi connectivity index (χ1) is 8.04. The second-order valence-electron chi connectivity index (χ2n) is 3.17. The molecule has 0 atom stereocenters. The van der Waals surface area contributed by atoms with Gasteiger partial charge in [0.1, 0.15) is 4.47 Å². The van der Waals surface area contributed by atoms with E-state index in [0.717, 1.165) is 0 Å². The third-order valence-corrected chi connectivity index (χ3v) is 3.67. The summed E-state index contributed by atoms with van der Waals surface area (Å²) in [7, 11) is 0. The Morgan fingerprint density at radius 1 is 1.59 bits per heavy atom. The summed E-state index contributed by atoms with van der Waals surface area (Å²) in [6.07, 6.45) is 0.303. The van der Waals surface area contributed by atoms with E-state index in [1.165, 1.54) is 11.8 Å². The van der Waals surface area contributed by atoms with Crippen LogP contribution in [0, 0.1) is 6.92 Å². The lowest BCUT2D eigenvalue weighted by molar-refractivity contribution is -0.142. The first kappa shape index (κ1) is 14.2. The van der Waals surface area contributed by atoms with E-state index < -0.39 is 0 Å². The Hall–Kier alpha value is -0.820. The van der Waals surface area contributed by atoms with Crippen molar-refractivity contribution in [1.29, 1.82) is 0 Å². The van der Waals surface area contributed by atoms with Gasteiger partial charge in [-0.1, -0.05) is 11.8 Å². The van der Waals surface area contributed by atoms with E-state index in [0.29, 0.717) is 34.1 Å². The molecule has 0 fully saturated rings. The highest BCUT2D eigenvalue weighted by atomic mass is 79.9. The molecule has 0 spiro atoms. The lowest BCUT2D eigenvalue weighted by Crippen LogP contribution is -2.12. The van der Waals surface area contributed by atoms with Gasteiger partial charge in [0.15, 0.2) is 5.16 Å². The summed E-state index contributed by atoms with van der Waals surface area (Å²) >= 11 is 4.46. The van der Waals surface area contributed by atoms with Gasteiger partial charge in [0, 0.05) is 5.75 Å². The Bertz CT molecular complexity index is 461. The van der Waals surface area contributed by atoms with Crippen molar-refractivity contribution in [3.05, 3.63) is 20.5 Å². The van der Waals surface area contributed by atoms with Crippen LogP contribution in [0.3, 0.4) is 0 Å². The van der Waals surface area contributed by atoms with Crippen LogP contribution < -0.4 is 5.56 Å². The van der Waals surface area contributed by atoms with Crippen LogP contribution in [-0.2, 0) is 9.53 Å². The summed E-state index contributed by atoms with van der Waals surface area (Å²) in [4.78, 5) is 29.3. The number of nitrogens with zero attached hydrogens (tertiary/aromatic N) is 1. The maximum atomic E-state index is 11.4. The van der Waals surface area contributed by atoms with Crippen LogP contribution in [0.2, 0.25) is 0 Å². The van der Waals surface area contributed by atoms with Gasteiger partial charge >= 0.3 is 5.97 Å². The van der Waals surface area contributed by atoms with Gasteiger partial charge < -0.3 is 9.72 Å². The molecule has 1 aromatic rings. The SMILES string of the molecule is CCOC(=O)CCSc1nc(C)c(Br)c(=O)[nH]1. The zero-order chi connectivity index (χ0) is 12.8. The van der Waals surface area contributed by atoms with Crippen molar-refractivity contribution in [3.8, 4) is 0 Å². The van der Waals surface area contributed by atoms with Crippen LogP contribution in [0.25, 0.3) is 0 Å². The molecule has 94 valence electrons. The number of hydrogen-bond acceptors (Lipinski definition) is 5. The molecule has 1 aromatic heterocycles. The van der Waals surface area contributed by atoms with E-state index in [2.05, 4.69) is 25.9 Å². The van der Waals surface area contributed by atoms with E-state index in [1.54, 1.807) is 13.8 Å². The van der Waals surface area contributed by atoms with Crippen molar-refractivity contribution in [1.82, 2.24) is 9.97 Å². The zero-order valence-corrected chi connectivity index (χ0v) is 12.0. The minimum absolute atomic E-state index is 0.212. The summed E-state index contributed by atoms with van der Waals surface area (Å²) in [5, 5.41) is 0.514. The van der Waals surface area contributed by atoms with Crippen LogP contribution >= 0.6 is 27.7 Å². The Kier molecular flexibility index (Phi) is 5.70. The number of ether oxygens (including phenoxy) is 1. The topological polar surface area (TPSA) is 72.0 Å². The number of carbonyl (C=O) groups is 1. The number of rotatable bonds is 5. The summed E-state index contributed by atoms with van der Waals surface area (Å²) in [6, 6.07) is 0. The predicted octanol–water partition coefficient (Wildman–Crippen LogP) is 1.89. The summed E-state index contributed by atoms with van der Waals surface area (Å²) in [6.45, 7) is 3.90. The Morgan fingerprint density at radius 2 is 2.29 bits per heavy atom. The number of hydrogen-bond donors (Lipinski definition) is 1. The summed E-state index contributed by atoms with van der Waals surface area (Å²) in [5.74, 6) is 0.291. The fourth-order valence-corrected chi connectivity index (χ4v) is 2.09. The van der Waals surface area contributed by atoms with Gasteiger partial charge in [-0.05, 0) is 29.8 Å². The molecule has 0 aliphatic rings. The molecule has 0 saturated carbocycles. The van der Waals surface area contributed by atoms with E-state index in [9.17, 15) is 9.59 Å². The highest BCUT2D eigenvalue weighted by molar-refractivity contribution is 9.10. The molecule has 7 heteroatoms. The number of H-pyrrole nitrogens is 1. The molecule has 17 heavy (non-hydrogen) atoms. The summed E-state index contributed by atoms with van der Waals surface area (Å²) in [5.41, 5.74) is 0.420. The number of aromatic amines is 1. The average molecular weight is 321 g/mol. The average Bonchev–Trinajstić information content (AvgIpc) is 2.26. The largest absolute Gasteiger partial charge is 0.466 e. The molecule has 0 aliphatic heterocycles. The number of halogens is 1. The molecule has 0 aliphatic carbocycles. The van der Waals surface area contributed by atoms with Gasteiger partial charge in [-0.2, -0.15) is 0 Å². The molecular formula is C10H13BrN2O3S. The Morgan fingerprint density at radius 3 is 2.88 bits per heavy atom. The van der Waals surface area contributed by atoms with Crippen LogP contribution in [0.15, 0.2) is 14.4 Å². The zero-order valence-electron chi connectivity index (χ0n) is 9.58. The highest BCUT2D eigenvalue weighted by Gasteiger charge is 2.07. The monoisotopic (exact) mass is 320 g/mol. The first-order valence-corrected chi connectivity index (χ1v) is 6.87.